The van der Waals surface area contributed by atoms with E-state index in [1.807, 2.05) is 0 Å². The zero-order valence-corrected chi connectivity index (χ0v) is 13.4. The molecular weight excluding hydrogens is 313 g/mol. The minimum absolute atomic E-state index is 0.111. The number of hydrogen-bond donors (Lipinski definition) is 1. The highest BCUT2D eigenvalue weighted by Gasteiger charge is 2.31. The molecule has 0 spiro atoms. The van der Waals surface area contributed by atoms with E-state index in [0.29, 0.717) is 32.0 Å². The number of amides is 1. The van der Waals surface area contributed by atoms with Gasteiger partial charge in [0.05, 0.1) is 30.2 Å². The smallest absolute Gasteiger partial charge is 0.383 e. The van der Waals surface area contributed by atoms with Crippen molar-refractivity contribution >= 4 is 17.3 Å². The summed E-state index contributed by atoms with van der Waals surface area (Å²) in [4.78, 5) is 13.1. The summed E-state index contributed by atoms with van der Waals surface area (Å²) in [5.41, 5.74) is -0.217. The van der Waals surface area contributed by atoms with E-state index in [2.05, 4.69) is 5.32 Å². The molecule has 130 valence electrons. The van der Waals surface area contributed by atoms with Crippen LogP contribution in [-0.2, 0) is 20.4 Å². The minimum Gasteiger partial charge on any atom is -0.383 e. The van der Waals surface area contributed by atoms with Crippen LogP contribution in [0.1, 0.15) is 12.5 Å². The lowest BCUT2D eigenvalue weighted by atomic mass is 10.1. The fraction of sp³-hybridized carbons (Fsp3) is 0.533. The lowest BCUT2D eigenvalue weighted by Crippen LogP contribution is -2.31. The van der Waals surface area contributed by atoms with Crippen LogP contribution in [0.5, 0.6) is 0 Å². The molecule has 1 aromatic rings. The van der Waals surface area contributed by atoms with Crippen LogP contribution >= 0.6 is 0 Å². The van der Waals surface area contributed by atoms with Crippen molar-refractivity contribution in [1.82, 2.24) is 0 Å². The fourth-order valence-corrected chi connectivity index (χ4v) is 2.03. The van der Waals surface area contributed by atoms with Crippen molar-refractivity contribution in [2.24, 2.45) is 0 Å². The number of benzene rings is 1. The molecule has 0 fully saturated rings. The van der Waals surface area contributed by atoms with Crippen molar-refractivity contribution in [1.29, 1.82) is 0 Å². The van der Waals surface area contributed by atoms with E-state index >= 15 is 0 Å². The molecule has 1 rings (SSSR count). The van der Waals surface area contributed by atoms with Crippen LogP contribution in [-0.4, -0.2) is 46.4 Å². The maximum absolute atomic E-state index is 12.9. The van der Waals surface area contributed by atoms with Gasteiger partial charge in [-0.05, 0) is 18.2 Å². The molecule has 0 heterocycles. The first-order valence-corrected chi connectivity index (χ1v) is 7.01. The molecule has 0 aliphatic rings. The van der Waals surface area contributed by atoms with Gasteiger partial charge in [0, 0.05) is 34.2 Å². The number of nitrogens with one attached hydrogen (secondary N) is 1. The Bertz CT molecular complexity index is 513. The first kappa shape index (κ1) is 19.2. The van der Waals surface area contributed by atoms with Gasteiger partial charge in [0.15, 0.2) is 0 Å². The maximum atomic E-state index is 12.9. The standard InChI is InChI=1S/C15H21F3N2O3/c1-11(21)19-13-10-12(15(16,17)18)4-5-14(13)20(6-8-22-2)7-9-23-3/h4-5,10H,6-9H2,1-3H3,(H,19,21). The summed E-state index contributed by atoms with van der Waals surface area (Å²) in [7, 11) is 3.08. The summed E-state index contributed by atoms with van der Waals surface area (Å²) in [6, 6.07) is 3.27. The predicted octanol–water partition coefficient (Wildman–Crippen LogP) is 2.76. The van der Waals surface area contributed by atoms with Crippen molar-refractivity contribution in [3.8, 4) is 0 Å². The number of ether oxygens (including phenoxy) is 2. The molecule has 0 bridgehead atoms. The first-order chi connectivity index (χ1) is 10.8. The molecule has 0 radical (unpaired) electrons. The molecular formula is C15H21F3N2O3. The number of nitrogens with zero attached hydrogens (tertiary/aromatic N) is 1. The molecule has 1 aromatic carbocycles. The van der Waals surface area contributed by atoms with Crippen LogP contribution in [0.15, 0.2) is 18.2 Å². The molecule has 8 heteroatoms. The summed E-state index contributed by atoms with van der Waals surface area (Å²) in [6.45, 7) is 2.95. The van der Waals surface area contributed by atoms with Crippen molar-refractivity contribution in [3.05, 3.63) is 23.8 Å². The van der Waals surface area contributed by atoms with Gasteiger partial charge >= 0.3 is 6.18 Å². The predicted molar refractivity (Wildman–Crippen MR) is 81.7 cm³/mol. The number of carbonyl (C=O) groups excluding carboxylic acids is 1. The fourth-order valence-electron chi connectivity index (χ4n) is 2.03. The molecule has 0 aromatic heterocycles. The Morgan fingerprint density at radius 1 is 1.17 bits per heavy atom. The Labute approximate surface area is 133 Å². The van der Waals surface area contributed by atoms with Gasteiger partial charge < -0.3 is 19.7 Å². The minimum atomic E-state index is -4.48. The zero-order chi connectivity index (χ0) is 17.5. The second-order valence-corrected chi connectivity index (χ2v) is 4.88. The normalized spacial score (nSPS) is 11.4. The average Bonchev–Trinajstić information content (AvgIpc) is 2.46. The first-order valence-electron chi connectivity index (χ1n) is 7.01. The van der Waals surface area contributed by atoms with E-state index in [1.54, 1.807) is 4.90 Å². The van der Waals surface area contributed by atoms with Crippen molar-refractivity contribution in [2.45, 2.75) is 13.1 Å². The molecule has 0 saturated heterocycles. The number of alkyl halides is 3. The molecule has 0 unspecified atom stereocenters. The highest BCUT2D eigenvalue weighted by atomic mass is 19.4. The Hall–Kier alpha value is -1.80. The Kier molecular flexibility index (Phi) is 7.31. The summed E-state index contributed by atoms with van der Waals surface area (Å²) >= 11 is 0. The highest BCUT2D eigenvalue weighted by Crippen LogP contribution is 2.35. The summed E-state index contributed by atoms with van der Waals surface area (Å²) in [6.07, 6.45) is -4.48. The zero-order valence-electron chi connectivity index (χ0n) is 13.4. The Morgan fingerprint density at radius 3 is 2.17 bits per heavy atom. The van der Waals surface area contributed by atoms with E-state index < -0.39 is 17.6 Å². The quantitative estimate of drug-likeness (QED) is 0.794. The van der Waals surface area contributed by atoms with Crippen molar-refractivity contribution in [2.75, 3.05) is 50.7 Å². The van der Waals surface area contributed by atoms with E-state index in [9.17, 15) is 18.0 Å². The van der Waals surface area contributed by atoms with E-state index in [0.717, 1.165) is 12.1 Å². The van der Waals surface area contributed by atoms with Crippen LogP contribution in [0.3, 0.4) is 0 Å². The molecule has 0 saturated carbocycles. The number of carbonyl (C=O) groups is 1. The number of methoxy groups -OCH3 is 2. The van der Waals surface area contributed by atoms with E-state index in [-0.39, 0.29) is 5.69 Å². The largest absolute Gasteiger partial charge is 0.416 e. The van der Waals surface area contributed by atoms with Gasteiger partial charge in [-0.25, -0.2) is 0 Å². The monoisotopic (exact) mass is 334 g/mol. The average molecular weight is 334 g/mol. The summed E-state index contributed by atoms with van der Waals surface area (Å²) in [5, 5.41) is 2.46. The molecule has 1 amide bonds. The number of halogens is 3. The van der Waals surface area contributed by atoms with Gasteiger partial charge in [-0.1, -0.05) is 0 Å². The Balaban J connectivity index is 3.20. The van der Waals surface area contributed by atoms with Gasteiger partial charge in [0.2, 0.25) is 5.91 Å². The van der Waals surface area contributed by atoms with Crippen molar-refractivity contribution in [3.63, 3.8) is 0 Å². The molecule has 0 aliphatic heterocycles. The van der Waals surface area contributed by atoms with Crippen LogP contribution in [0.4, 0.5) is 24.5 Å². The summed E-state index contributed by atoms with van der Waals surface area (Å²) in [5.74, 6) is -0.441. The van der Waals surface area contributed by atoms with Gasteiger partial charge in [-0.2, -0.15) is 13.2 Å². The molecule has 0 atom stereocenters. The molecule has 1 N–H and O–H groups in total. The molecule has 23 heavy (non-hydrogen) atoms. The second-order valence-electron chi connectivity index (χ2n) is 4.88. The van der Waals surface area contributed by atoms with Crippen LogP contribution < -0.4 is 10.2 Å². The van der Waals surface area contributed by atoms with Crippen LogP contribution in [0, 0.1) is 0 Å². The van der Waals surface area contributed by atoms with Crippen LogP contribution in [0.2, 0.25) is 0 Å². The van der Waals surface area contributed by atoms with Gasteiger partial charge in [-0.3, -0.25) is 4.79 Å². The number of hydrogen-bond acceptors (Lipinski definition) is 4. The van der Waals surface area contributed by atoms with Gasteiger partial charge in [-0.15, -0.1) is 0 Å². The van der Waals surface area contributed by atoms with Gasteiger partial charge in [0.1, 0.15) is 0 Å². The molecule has 5 nitrogen and oxygen atoms in total. The topological polar surface area (TPSA) is 50.8 Å². The SMILES string of the molecule is COCCN(CCOC)c1ccc(C(F)(F)F)cc1NC(C)=O. The number of anilines is 2. The highest BCUT2D eigenvalue weighted by molar-refractivity contribution is 5.93. The van der Waals surface area contributed by atoms with Crippen molar-refractivity contribution < 1.29 is 27.4 Å². The molecule has 0 aliphatic carbocycles. The third kappa shape index (κ3) is 6.07. The summed E-state index contributed by atoms with van der Waals surface area (Å²) < 4.78 is 48.7. The van der Waals surface area contributed by atoms with Crippen LogP contribution in [0.25, 0.3) is 0 Å². The third-order valence-electron chi connectivity index (χ3n) is 3.11. The Morgan fingerprint density at radius 2 is 1.74 bits per heavy atom. The van der Waals surface area contributed by atoms with Gasteiger partial charge in [0.25, 0.3) is 0 Å². The van der Waals surface area contributed by atoms with E-state index in [4.69, 9.17) is 9.47 Å². The lowest BCUT2D eigenvalue weighted by Gasteiger charge is -2.27. The second kappa shape index (κ2) is 8.73. The lowest BCUT2D eigenvalue weighted by molar-refractivity contribution is -0.137. The third-order valence-corrected chi connectivity index (χ3v) is 3.11. The van der Waals surface area contributed by atoms with E-state index in [1.165, 1.54) is 27.2 Å². The number of rotatable bonds is 8. The maximum Gasteiger partial charge on any atom is 0.416 e.